The first-order chi connectivity index (χ1) is 10.4. The van der Waals surface area contributed by atoms with Crippen molar-refractivity contribution in [2.45, 2.75) is 0 Å². The van der Waals surface area contributed by atoms with E-state index in [0.29, 0.717) is 6.79 Å². The lowest BCUT2D eigenvalue weighted by molar-refractivity contribution is 0.174. The van der Waals surface area contributed by atoms with Gasteiger partial charge in [-0.2, -0.15) is 0 Å². The molecule has 3 aromatic rings. The maximum atomic E-state index is 5.41. The standard InChI is InChI=1S/C19H14O2/c1-2-7-17-15(4-1)5-3-6-16(17)10-8-14-9-11-18-19(12-14)21-13-20-18/h1-12H,13H2. The van der Waals surface area contributed by atoms with Gasteiger partial charge in [-0.25, -0.2) is 0 Å². The second-order valence-corrected chi connectivity index (χ2v) is 5.01. The first-order valence-corrected chi connectivity index (χ1v) is 6.96. The summed E-state index contributed by atoms with van der Waals surface area (Å²) in [4.78, 5) is 0. The van der Waals surface area contributed by atoms with E-state index in [1.165, 1.54) is 16.3 Å². The van der Waals surface area contributed by atoms with E-state index in [1.807, 2.05) is 18.2 Å². The Kier molecular flexibility index (Phi) is 2.86. The summed E-state index contributed by atoms with van der Waals surface area (Å²) in [5, 5.41) is 2.52. The summed E-state index contributed by atoms with van der Waals surface area (Å²) in [6.07, 6.45) is 4.24. The Balaban J connectivity index is 1.71. The number of ether oxygens (including phenoxy) is 2. The van der Waals surface area contributed by atoms with Gasteiger partial charge in [0.1, 0.15) is 0 Å². The van der Waals surface area contributed by atoms with Crippen LogP contribution in [-0.2, 0) is 0 Å². The van der Waals surface area contributed by atoms with Crippen molar-refractivity contribution in [3.63, 3.8) is 0 Å². The van der Waals surface area contributed by atoms with Gasteiger partial charge < -0.3 is 9.47 Å². The second-order valence-electron chi connectivity index (χ2n) is 5.01. The van der Waals surface area contributed by atoms with E-state index in [0.717, 1.165) is 17.1 Å². The third kappa shape index (κ3) is 2.25. The largest absolute Gasteiger partial charge is 0.454 e. The van der Waals surface area contributed by atoms with Crippen LogP contribution in [0.25, 0.3) is 22.9 Å². The fourth-order valence-electron chi connectivity index (χ4n) is 2.60. The van der Waals surface area contributed by atoms with Crippen LogP contribution in [0.5, 0.6) is 11.5 Å². The molecule has 0 atom stereocenters. The van der Waals surface area contributed by atoms with Gasteiger partial charge in [0, 0.05) is 0 Å². The van der Waals surface area contributed by atoms with Crippen molar-refractivity contribution in [1.29, 1.82) is 0 Å². The fraction of sp³-hybridized carbons (Fsp3) is 0.0526. The Morgan fingerprint density at radius 1 is 0.762 bits per heavy atom. The van der Waals surface area contributed by atoms with Crippen molar-refractivity contribution in [2.24, 2.45) is 0 Å². The highest BCUT2D eigenvalue weighted by Crippen LogP contribution is 2.33. The van der Waals surface area contributed by atoms with E-state index in [2.05, 4.69) is 54.6 Å². The van der Waals surface area contributed by atoms with Crippen molar-refractivity contribution in [1.82, 2.24) is 0 Å². The van der Waals surface area contributed by atoms with Crippen LogP contribution in [0, 0.1) is 0 Å². The van der Waals surface area contributed by atoms with Crippen molar-refractivity contribution in [3.05, 3.63) is 71.8 Å². The number of rotatable bonds is 2. The number of benzene rings is 3. The predicted octanol–water partition coefficient (Wildman–Crippen LogP) is 4.74. The lowest BCUT2D eigenvalue weighted by atomic mass is 10.0. The molecule has 0 bridgehead atoms. The Morgan fingerprint density at radius 2 is 1.62 bits per heavy atom. The van der Waals surface area contributed by atoms with Gasteiger partial charge in [-0.15, -0.1) is 0 Å². The van der Waals surface area contributed by atoms with Crippen molar-refractivity contribution >= 4 is 22.9 Å². The van der Waals surface area contributed by atoms with Gasteiger partial charge in [-0.3, -0.25) is 0 Å². The van der Waals surface area contributed by atoms with Gasteiger partial charge in [0.05, 0.1) is 0 Å². The van der Waals surface area contributed by atoms with E-state index < -0.39 is 0 Å². The highest BCUT2D eigenvalue weighted by atomic mass is 16.7. The third-order valence-electron chi connectivity index (χ3n) is 3.68. The summed E-state index contributed by atoms with van der Waals surface area (Å²) in [6.45, 7) is 0.311. The summed E-state index contributed by atoms with van der Waals surface area (Å²) in [5.74, 6) is 1.63. The van der Waals surface area contributed by atoms with Crippen LogP contribution in [0.4, 0.5) is 0 Å². The van der Waals surface area contributed by atoms with Gasteiger partial charge in [-0.1, -0.05) is 60.7 Å². The van der Waals surface area contributed by atoms with Crippen molar-refractivity contribution in [2.75, 3.05) is 6.79 Å². The molecule has 1 aliphatic heterocycles. The van der Waals surface area contributed by atoms with E-state index in [-0.39, 0.29) is 0 Å². The maximum Gasteiger partial charge on any atom is 0.231 e. The first kappa shape index (κ1) is 12.0. The zero-order valence-corrected chi connectivity index (χ0v) is 11.5. The van der Waals surface area contributed by atoms with Gasteiger partial charge >= 0.3 is 0 Å². The average molecular weight is 274 g/mol. The van der Waals surface area contributed by atoms with Gasteiger partial charge in [0.15, 0.2) is 11.5 Å². The minimum atomic E-state index is 0.311. The van der Waals surface area contributed by atoms with Gasteiger partial charge in [-0.05, 0) is 34.0 Å². The summed E-state index contributed by atoms with van der Waals surface area (Å²) in [7, 11) is 0. The molecule has 0 N–H and O–H groups in total. The average Bonchev–Trinajstić information content (AvgIpc) is 3.00. The minimum absolute atomic E-state index is 0.311. The van der Waals surface area contributed by atoms with Crippen LogP contribution in [-0.4, -0.2) is 6.79 Å². The Hall–Kier alpha value is -2.74. The molecule has 4 rings (SSSR count). The minimum Gasteiger partial charge on any atom is -0.454 e. The van der Waals surface area contributed by atoms with Gasteiger partial charge in [0.25, 0.3) is 0 Å². The number of fused-ring (bicyclic) bond motifs is 2. The number of hydrogen-bond acceptors (Lipinski definition) is 2. The topological polar surface area (TPSA) is 18.5 Å². The molecule has 1 aliphatic rings. The van der Waals surface area contributed by atoms with Crippen LogP contribution in [0.3, 0.4) is 0 Å². The molecule has 0 radical (unpaired) electrons. The predicted molar refractivity (Wildman–Crippen MR) is 85.4 cm³/mol. The Labute approximate surface area is 123 Å². The van der Waals surface area contributed by atoms with Crippen molar-refractivity contribution in [3.8, 4) is 11.5 Å². The highest BCUT2D eigenvalue weighted by Gasteiger charge is 2.12. The zero-order valence-electron chi connectivity index (χ0n) is 11.5. The van der Waals surface area contributed by atoms with Crippen LogP contribution < -0.4 is 9.47 Å². The molecule has 2 nitrogen and oxygen atoms in total. The molecule has 0 spiro atoms. The SMILES string of the molecule is C(=Cc1cccc2ccccc12)c1ccc2c(c1)OCO2. The van der Waals surface area contributed by atoms with E-state index in [9.17, 15) is 0 Å². The molecule has 102 valence electrons. The molecular weight excluding hydrogens is 260 g/mol. The normalized spacial score (nSPS) is 13.1. The molecule has 0 aromatic heterocycles. The molecule has 1 heterocycles. The van der Waals surface area contributed by atoms with Crippen LogP contribution >= 0.6 is 0 Å². The zero-order chi connectivity index (χ0) is 14.1. The van der Waals surface area contributed by atoms with Crippen LogP contribution in [0.2, 0.25) is 0 Å². The van der Waals surface area contributed by atoms with E-state index in [1.54, 1.807) is 0 Å². The lowest BCUT2D eigenvalue weighted by Gasteiger charge is -2.02. The quantitative estimate of drug-likeness (QED) is 0.628. The maximum absolute atomic E-state index is 5.41. The lowest BCUT2D eigenvalue weighted by Crippen LogP contribution is -1.92. The smallest absolute Gasteiger partial charge is 0.231 e. The van der Waals surface area contributed by atoms with Gasteiger partial charge in [0.2, 0.25) is 6.79 Å². The molecule has 0 saturated heterocycles. The Bertz CT molecular complexity index is 829. The molecule has 3 aromatic carbocycles. The van der Waals surface area contributed by atoms with Crippen molar-refractivity contribution < 1.29 is 9.47 Å². The Morgan fingerprint density at radius 3 is 2.62 bits per heavy atom. The molecule has 0 amide bonds. The molecule has 0 saturated carbocycles. The molecule has 0 fully saturated rings. The third-order valence-corrected chi connectivity index (χ3v) is 3.68. The summed E-state index contributed by atoms with van der Waals surface area (Å²) >= 11 is 0. The van der Waals surface area contributed by atoms with Crippen LogP contribution in [0.15, 0.2) is 60.7 Å². The first-order valence-electron chi connectivity index (χ1n) is 6.96. The molecule has 2 heteroatoms. The summed E-state index contributed by atoms with van der Waals surface area (Å²) in [5.41, 5.74) is 2.32. The molecular formula is C19H14O2. The fourth-order valence-corrected chi connectivity index (χ4v) is 2.60. The number of hydrogen-bond donors (Lipinski definition) is 0. The monoisotopic (exact) mass is 274 g/mol. The van der Waals surface area contributed by atoms with Crippen LogP contribution in [0.1, 0.15) is 11.1 Å². The van der Waals surface area contributed by atoms with E-state index in [4.69, 9.17) is 9.47 Å². The van der Waals surface area contributed by atoms with E-state index >= 15 is 0 Å². The summed E-state index contributed by atoms with van der Waals surface area (Å²) < 4.78 is 10.7. The molecule has 0 aliphatic carbocycles. The molecule has 0 unspecified atom stereocenters. The second kappa shape index (κ2) is 4.98. The molecule has 21 heavy (non-hydrogen) atoms. The summed E-state index contributed by atoms with van der Waals surface area (Å²) in [6, 6.07) is 20.8. The highest BCUT2D eigenvalue weighted by molar-refractivity contribution is 5.92.